The maximum absolute atomic E-state index is 13.0. The van der Waals surface area contributed by atoms with Crippen LogP contribution in [0, 0.1) is 5.41 Å². The van der Waals surface area contributed by atoms with E-state index in [2.05, 4.69) is 5.32 Å². The fraction of sp³-hybridized carbons (Fsp3) is 0.545. The molecule has 2 heterocycles. The Bertz CT molecular complexity index is 948. The summed E-state index contributed by atoms with van der Waals surface area (Å²) in [4.78, 5) is 37.3. The zero-order valence-electron chi connectivity index (χ0n) is 19.5. The fourth-order valence-electron chi connectivity index (χ4n) is 4.20. The second-order valence-corrected chi connectivity index (χ2v) is 8.76. The van der Waals surface area contributed by atoms with Gasteiger partial charge in [-0.3, -0.25) is 15.0 Å². The van der Waals surface area contributed by atoms with Crippen molar-refractivity contribution < 1.29 is 37.8 Å². The second-order valence-electron chi connectivity index (χ2n) is 8.76. The molecule has 1 aromatic carbocycles. The second kappa shape index (κ2) is 12.0. The summed E-state index contributed by atoms with van der Waals surface area (Å²) >= 11 is 0. The number of carbonyl (C=O) groups excluding carboxylic acids is 2. The molecule has 36 heavy (non-hydrogen) atoms. The SMILES string of the molecule is N=C(N)N1CCC[C@H](NC(=O)CN2CCC[C@@](N)(Cc3ccccc3)C2=O)C1O.O=C(O)C(F)(F)F. The van der Waals surface area contributed by atoms with Gasteiger partial charge in [0.15, 0.2) is 5.96 Å². The highest BCUT2D eigenvalue weighted by Crippen LogP contribution is 2.24. The summed E-state index contributed by atoms with van der Waals surface area (Å²) < 4.78 is 31.7. The Morgan fingerprint density at radius 2 is 1.81 bits per heavy atom. The molecule has 0 aliphatic carbocycles. The average Bonchev–Trinajstić information content (AvgIpc) is 2.79. The number of carbonyl (C=O) groups is 3. The van der Waals surface area contributed by atoms with Crippen LogP contribution >= 0.6 is 0 Å². The molecular formula is C22H31F3N6O5. The largest absolute Gasteiger partial charge is 0.490 e. The van der Waals surface area contributed by atoms with Gasteiger partial charge < -0.3 is 36.8 Å². The number of halogens is 3. The van der Waals surface area contributed by atoms with Crippen molar-refractivity contribution in [2.75, 3.05) is 19.6 Å². The minimum atomic E-state index is -5.08. The summed E-state index contributed by atoms with van der Waals surface area (Å²) in [6.07, 6.45) is -3.11. The Morgan fingerprint density at radius 3 is 2.36 bits per heavy atom. The van der Waals surface area contributed by atoms with Gasteiger partial charge in [-0.15, -0.1) is 0 Å². The summed E-state index contributed by atoms with van der Waals surface area (Å²) in [5.74, 6) is -3.56. The van der Waals surface area contributed by atoms with E-state index >= 15 is 0 Å². The van der Waals surface area contributed by atoms with Crippen LogP contribution in [-0.4, -0.2) is 87.4 Å². The number of amides is 2. The van der Waals surface area contributed by atoms with E-state index in [1.807, 2.05) is 30.3 Å². The first-order valence-corrected chi connectivity index (χ1v) is 11.2. The van der Waals surface area contributed by atoms with Gasteiger partial charge in [0.1, 0.15) is 6.23 Å². The Labute approximate surface area is 205 Å². The molecule has 11 nitrogen and oxygen atoms in total. The van der Waals surface area contributed by atoms with E-state index in [0.717, 1.165) is 12.0 Å². The van der Waals surface area contributed by atoms with Crippen molar-refractivity contribution in [2.24, 2.45) is 11.5 Å². The van der Waals surface area contributed by atoms with Crippen molar-refractivity contribution >= 4 is 23.7 Å². The minimum Gasteiger partial charge on any atom is -0.475 e. The minimum absolute atomic E-state index is 0.101. The third kappa shape index (κ3) is 7.81. The number of benzene rings is 1. The molecule has 3 rings (SSSR count). The Morgan fingerprint density at radius 1 is 1.19 bits per heavy atom. The van der Waals surface area contributed by atoms with E-state index in [0.29, 0.717) is 38.8 Å². The average molecular weight is 517 g/mol. The number of aliphatic hydroxyl groups excluding tert-OH is 1. The van der Waals surface area contributed by atoms with E-state index in [1.54, 1.807) is 0 Å². The molecule has 0 radical (unpaired) electrons. The van der Waals surface area contributed by atoms with E-state index in [9.17, 15) is 27.9 Å². The van der Waals surface area contributed by atoms with Gasteiger partial charge in [-0.25, -0.2) is 4.79 Å². The molecule has 2 aliphatic rings. The standard InChI is InChI=1S/C20H30N6O3.C2HF3O2/c21-19(22)26-11-4-8-15(17(26)28)24-16(27)13-25-10-5-9-20(23,18(25)29)12-14-6-2-1-3-7-14;3-2(4,5)1(6)7/h1-3,6-7,15,17,28H,4-5,8-13,23H2,(H3,21,22)(H,24,27);(H,6,7)/t15-,17?,20+;/m0./s1. The van der Waals surface area contributed by atoms with Crippen LogP contribution in [0.3, 0.4) is 0 Å². The smallest absolute Gasteiger partial charge is 0.475 e. The Kier molecular flexibility index (Phi) is 9.64. The van der Waals surface area contributed by atoms with Crippen LogP contribution in [-0.2, 0) is 20.8 Å². The van der Waals surface area contributed by atoms with Crippen LogP contribution in [0.4, 0.5) is 13.2 Å². The maximum Gasteiger partial charge on any atom is 0.490 e. The summed E-state index contributed by atoms with van der Waals surface area (Å²) in [7, 11) is 0. The van der Waals surface area contributed by atoms with Crippen LogP contribution in [0.25, 0.3) is 0 Å². The highest BCUT2D eigenvalue weighted by Gasteiger charge is 2.41. The normalized spacial score (nSPS) is 24.4. The van der Waals surface area contributed by atoms with E-state index < -0.39 is 30.0 Å². The van der Waals surface area contributed by atoms with Gasteiger partial charge in [-0.1, -0.05) is 30.3 Å². The highest BCUT2D eigenvalue weighted by atomic mass is 19.4. The van der Waals surface area contributed by atoms with Crippen molar-refractivity contribution in [3.63, 3.8) is 0 Å². The van der Waals surface area contributed by atoms with Gasteiger partial charge in [0, 0.05) is 13.1 Å². The lowest BCUT2D eigenvalue weighted by Gasteiger charge is -2.40. The molecule has 3 atom stereocenters. The van der Waals surface area contributed by atoms with Gasteiger partial charge in [-0.2, -0.15) is 13.2 Å². The predicted octanol–water partition coefficient (Wildman–Crippen LogP) is -0.0252. The number of alkyl halides is 3. The molecule has 200 valence electrons. The zero-order chi connectivity index (χ0) is 27.1. The van der Waals surface area contributed by atoms with E-state index in [-0.39, 0.29) is 24.3 Å². The molecule has 8 N–H and O–H groups in total. The van der Waals surface area contributed by atoms with Gasteiger partial charge in [0.2, 0.25) is 11.8 Å². The number of nitrogens with one attached hydrogen (secondary N) is 2. The highest BCUT2D eigenvalue weighted by molar-refractivity contribution is 5.91. The lowest BCUT2D eigenvalue weighted by atomic mass is 9.83. The van der Waals surface area contributed by atoms with Crippen molar-refractivity contribution in [2.45, 2.75) is 56.1 Å². The first-order chi connectivity index (χ1) is 16.7. The monoisotopic (exact) mass is 516 g/mol. The van der Waals surface area contributed by atoms with Gasteiger partial charge in [0.05, 0.1) is 18.1 Å². The molecule has 0 spiro atoms. The number of nitrogens with zero attached hydrogens (tertiary/aromatic N) is 2. The number of hydrogen-bond acceptors (Lipinski definition) is 6. The number of aliphatic carboxylic acids is 1. The zero-order valence-corrected chi connectivity index (χ0v) is 19.5. The number of rotatable bonds is 5. The van der Waals surface area contributed by atoms with Crippen molar-refractivity contribution in [3.8, 4) is 0 Å². The van der Waals surface area contributed by atoms with Crippen molar-refractivity contribution in [1.82, 2.24) is 15.1 Å². The summed E-state index contributed by atoms with van der Waals surface area (Å²) in [6.45, 7) is 0.852. The van der Waals surface area contributed by atoms with Crippen LogP contribution in [0.15, 0.2) is 30.3 Å². The molecule has 2 aliphatic heterocycles. The molecule has 2 saturated heterocycles. The van der Waals surface area contributed by atoms with Crippen LogP contribution < -0.4 is 16.8 Å². The molecule has 0 saturated carbocycles. The van der Waals surface area contributed by atoms with Crippen LogP contribution in [0.1, 0.15) is 31.2 Å². The lowest BCUT2D eigenvalue weighted by molar-refractivity contribution is -0.192. The van der Waals surface area contributed by atoms with E-state index in [4.69, 9.17) is 26.8 Å². The molecular weight excluding hydrogens is 485 g/mol. The molecule has 1 unspecified atom stereocenters. The third-order valence-corrected chi connectivity index (χ3v) is 5.95. The van der Waals surface area contributed by atoms with Crippen molar-refractivity contribution in [1.29, 1.82) is 5.41 Å². The first-order valence-electron chi connectivity index (χ1n) is 11.2. The first kappa shape index (κ1) is 28.8. The number of carboxylic acid groups (broad SMARTS) is 1. The Hall–Kier alpha value is -3.39. The number of aliphatic hydroxyl groups is 1. The molecule has 1 aromatic rings. The third-order valence-electron chi connectivity index (χ3n) is 5.95. The summed E-state index contributed by atoms with van der Waals surface area (Å²) in [5, 5.41) is 27.8. The van der Waals surface area contributed by atoms with E-state index in [1.165, 1.54) is 9.80 Å². The van der Waals surface area contributed by atoms with Gasteiger partial charge in [-0.05, 0) is 37.7 Å². The van der Waals surface area contributed by atoms with Gasteiger partial charge >= 0.3 is 12.1 Å². The number of likely N-dealkylation sites (tertiary alicyclic amines) is 2. The summed E-state index contributed by atoms with van der Waals surface area (Å²) in [6, 6.07) is 9.09. The number of piperidine rings is 2. The number of carboxylic acids is 1. The fourth-order valence-corrected chi connectivity index (χ4v) is 4.20. The number of hydrogen-bond donors (Lipinski definition) is 6. The molecule has 0 bridgehead atoms. The lowest BCUT2D eigenvalue weighted by Crippen LogP contribution is -2.63. The van der Waals surface area contributed by atoms with Crippen LogP contribution in [0.5, 0.6) is 0 Å². The number of nitrogens with two attached hydrogens (primary N) is 2. The van der Waals surface area contributed by atoms with Gasteiger partial charge in [0.25, 0.3) is 0 Å². The Balaban J connectivity index is 0.000000572. The predicted molar refractivity (Wildman–Crippen MR) is 122 cm³/mol. The van der Waals surface area contributed by atoms with Crippen LogP contribution in [0.2, 0.25) is 0 Å². The maximum atomic E-state index is 13.0. The number of guanidine groups is 1. The quantitative estimate of drug-likeness (QED) is 0.233. The summed E-state index contributed by atoms with van der Waals surface area (Å²) in [5.41, 5.74) is 11.9. The molecule has 0 aromatic heterocycles. The molecule has 14 heteroatoms. The molecule has 2 amide bonds. The molecule has 2 fully saturated rings. The van der Waals surface area contributed by atoms with Crippen molar-refractivity contribution in [3.05, 3.63) is 35.9 Å². The topological polar surface area (TPSA) is 186 Å².